The van der Waals surface area contributed by atoms with Crippen LogP contribution in [0.15, 0.2) is 29.2 Å². The van der Waals surface area contributed by atoms with Gasteiger partial charge in [-0.3, -0.25) is 0 Å². The van der Waals surface area contributed by atoms with Crippen molar-refractivity contribution in [1.82, 2.24) is 5.32 Å². The van der Waals surface area contributed by atoms with Crippen LogP contribution < -0.4 is 5.32 Å². The molecule has 1 aliphatic carbocycles. The van der Waals surface area contributed by atoms with Crippen LogP contribution in [0.3, 0.4) is 0 Å². The lowest BCUT2D eigenvalue weighted by Crippen LogP contribution is -2.26. The smallest absolute Gasteiger partial charge is 0.0292 e. The van der Waals surface area contributed by atoms with Gasteiger partial charge in [0, 0.05) is 17.5 Å². The van der Waals surface area contributed by atoms with E-state index in [0.29, 0.717) is 11.5 Å². The zero-order chi connectivity index (χ0) is 12.3. The van der Waals surface area contributed by atoms with E-state index in [-0.39, 0.29) is 0 Å². The number of hydrogen-bond acceptors (Lipinski definition) is 2. The maximum atomic E-state index is 3.68. The highest BCUT2D eigenvalue weighted by atomic mass is 32.2. The standard InChI is InChI=1S/C15H23NS/c1-4-15(9-10-15)11-16-12(2)13-5-7-14(17-3)8-6-13/h5-8,12,16H,4,9-11H2,1-3H3. The molecule has 1 aromatic rings. The van der Waals surface area contributed by atoms with Crippen molar-refractivity contribution < 1.29 is 0 Å². The topological polar surface area (TPSA) is 12.0 Å². The molecular formula is C15H23NS. The Balaban J connectivity index is 1.88. The first kappa shape index (κ1) is 13.0. The molecule has 1 fully saturated rings. The van der Waals surface area contributed by atoms with E-state index in [0.717, 1.165) is 0 Å². The molecule has 17 heavy (non-hydrogen) atoms. The van der Waals surface area contributed by atoms with Gasteiger partial charge < -0.3 is 5.32 Å². The Hall–Kier alpha value is -0.470. The van der Waals surface area contributed by atoms with Crippen molar-refractivity contribution in [2.75, 3.05) is 12.8 Å². The quantitative estimate of drug-likeness (QED) is 0.756. The fraction of sp³-hybridized carbons (Fsp3) is 0.600. The van der Waals surface area contributed by atoms with Gasteiger partial charge in [-0.1, -0.05) is 19.1 Å². The average Bonchev–Trinajstić information content (AvgIpc) is 3.17. The second-order valence-electron chi connectivity index (χ2n) is 5.23. The molecule has 2 heteroatoms. The highest BCUT2D eigenvalue weighted by molar-refractivity contribution is 7.98. The largest absolute Gasteiger partial charge is 0.310 e. The van der Waals surface area contributed by atoms with Crippen molar-refractivity contribution in [2.24, 2.45) is 5.41 Å². The lowest BCUT2D eigenvalue weighted by Gasteiger charge is -2.19. The zero-order valence-electron chi connectivity index (χ0n) is 11.1. The number of hydrogen-bond donors (Lipinski definition) is 1. The summed E-state index contributed by atoms with van der Waals surface area (Å²) < 4.78 is 0. The lowest BCUT2D eigenvalue weighted by molar-refractivity contribution is 0.415. The van der Waals surface area contributed by atoms with E-state index in [2.05, 4.69) is 49.7 Å². The van der Waals surface area contributed by atoms with E-state index in [1.165, 1.54) is 36.3 Å². The van der Waals surface area contributed by atoms with Crippen LogP contribution in [0.4, 0.5) is 0 Å². The Morgan fingerprint density at radius 2 is 1.94 bits per heavy atom. The summed E-state index contributed by atoms with van der Waals surface area (Å²) in [7, 11) is 0. The van der Waals surface area contributed by atoms with Gasteiger partial charge in [0.2, 0.25) is 0 Å². The van der Waals surface area contributed by atoms with Gasteiger partial charge in [-0.15, -0.1) is 11.8 Å². The lowest BCUT2D eigenvalue weighted by atomic mass is 10.0. The van der Waals surface area contributed by atoms with Crippen molar-refractivity contribution in [3.8, 4) is 0 Å². The van der Waals surface area contributed by atoms with E-state index in [9.17, 15) is 0 Å². The number of rotatable bonds is 6. The Labute approximate surface area is 109 Å². The number of thioether (sulfide) groups is 1. The van der Waals surface area contributed by atoms with Crippen molar-refractivity contribution in [1.29, 1.82) is 0 Å². The molecule has 1 atom stereocenters. The van der Waals surface area contributed by atoms with Crippen LogP contribution in [0, 0.1) is 5.41 Å². The predicted molar refractivity (Wildman–Crippen MR) is 76.6 cm³/mol. The third kappa shape index (κ3) is 3.26. The molecule has 0 amide bonds. The van der Waals surface area contributed by atoms with Crippen LogP contribution in [0.5, 0.6) is 0 Å². The van der Waals surface area contributed by atoms with Crippen molar-refractivity contribution in [3.05, 3.63) is 29.8 Å². The molecule has 0 radical (unpaired) electrons. The molecule has 1 aromatic carbocycles. The third-order valence-electron chi connectivity index (χ3n) is 4.11. The summed E-state index contributed by atoms with van der Waals surface area (Å²) >= 11 is 1.80. The SMILES string of the molecule is CCC1(CNC(C)c2ccc(SC)cc2)CC1. The minimum absolute atomic E-state index is 0.468. The number of nitrogens with one attached hydrogen (secondary N) is 1. The predicted octanol–water partition coefficient (Wildman–Crippen LogP) is 4.25. The maximum absolute atomic E-state index is 3.68. The van der Waals surface area contributed by atoms with Crippen molar-refractivity contribution >= 4 is 11.8 Å². The average molecular weight is 249 g/mol. The van der Waals surface area contributed by atoms with Gasteiger partial charge in [-0.05, 0) is 55.6 Å². The summed E-state index contributed by atoms with van der Waals surface area (Å²) in [6.45, 7) is 5.75. The Morgan fingerprint density at radius 1 is 1.29 bits per heavy atom. The van der Waals surface area contributed by atoms with Gasteiger partial charge >= 0.3 is 0 Å². The molecule has 1 nitrogen and oxygen atoms in total. The summed E-state index contributed by atoms with van der Waals surface area (Å²) in [5.41, 5.74) is 2.03. The van der Waals surface area contributed by atoms with Gasteiger partial charge in [0.05, 0.1) is 0 Å². The normalized spacial score (nSPS) is 19.0. The molecule has 0 spiro atoms. The van der Waals surface area contributed by atoms with Crippen LogP contribution >= 0.6 is 11.8 Å². The van der Waals surface area contributed by atoms with Crippen LogP contribution in [-0.4, -0.2) is 12.8 Å². The van der Waals surface area contributed by atoms with Crippen molar-refractivity contribution in [3.63, 3.8) is 0 Å². The molecule has 0 aliphatic heterocycles. The summed E-state index contributed by atoms with van der Waals surface area (Å²) in [5, 5.41) is 3.68. The fourth-order valence-corrected chi connectivity index (χ4v) is 2.62. The van der Waals surface area contributed by atoms with E-state index in [1.807, 2.05) is 0 Å². The van der Waals surface area contributed by atoms with E-state index < -0.39 is 0 Å². The van der Waals surface area contributed by atoms with E-state index >= 15 is 0 Å². The zero-order valence-corrected chi connectivity index (χ0v) is 11.9. The minimum atomic E-state index is 0.468. The van der Waals surface area contributed by atoms with Crippen LogP contribution in [0.1, 0.15) is 44.7 Å². The van der Waals surface area contributed by atoms with E-state index in [1.54, 1.807) is 11.8 Å². The first-order valence-electron chi connectivity index (χ1n) is 6.56. The fourth-order valence-electron chi connectivity index (χ4n) is 2.21. The van der Waals surface area contributed by atoms with E-state index in [4.69, 9.17) is 0 Å². The van der Waals surface area contributed by atoms with Gasteiger partial charge in [-0.2, -0.15) is 0 Å². The molecule has 0 saturated heterocycles. The second kappa shape index (κ2) is 5.45. The molecule has 94 valence electrons. The first-order chi connectivity index (χ1) is 8.19. The Bertz CT molecular complexity index is 354. The molecule has 2 rings (SSSR count). The molecule has 0 bridgehead atoms. The van der Waals surface area contributed by atoms with Crippen LogP contribution in [0.25, 0.3) is 0 Å². The summed E-state index contributed by atoms with van der Waals surface area (Å²) in [5.74, 6) is 0. The highest BCUT2D eigenvalue weighted by Gasteiger charge is 2.40. The van der Waals surface area contributed by atoms with Crippen LogP contribution in [-0.2, 0) is 0 Å². The monoisotopic (exact) mass is 249 g/mol. The van der Waals surface area contributed by atoms with Crippen LogP contribution in [0.2, 0.25) is 0 Å². The Kier molecular flexibility index (Phi) is 4.16. The minimum Gasteiger partial charge on any atom is -0.310 e. The molecule has 1 aliphatic rings. The maximum Gasteiger partial charge on any atom is 0.0292 e. The van der Waals surface area contributed by atoms with Gasteiger partial charge in [0.1, 0.15) is 0 Å². The molecule has 1 unspecified atom stereocenters. The number of benzene rings is 1. The second-order valence-corrected chi connectivity index (χ2v) is 6.11. The molecular weight excluding hydrogens is 226 g/mol. The van der Waals surface area contributed by atoms with Gasteiger partial charge in [0.15, 0.2) is 0 Å². The molecule has 1 saturated carbocycles. The molecule has 0 heterocycles. The Morgan fingerprint density at radius 3 is 2.41 bits per heavy atom. The third-order valence-corrected chi connectivity index (χ3v) is 4.85. The van der Waals surface area contributed by atoms with Crippen molar-refractivity contribution in [2.45, 2.75) is 44.0 Å². The molecule has 0 aromatic heterocycles. The first-order valence-corrected chi connectivity index (χ1v) is 7.79. The summed E-state index contributed by atoms with van der Waals surface area (Å²) in [4.78, 5) is 1.34. The van der Waals surface area contributed by atoms with Gasteiger partial charge in [0.25, 0.3) is 0 Å². The summed E-state index contributed by atoms with van der Waals surface area (Å²) in [6, 6.07) is 9.38. The molecule has 1 N–H and O–H groups in total. The summed E-state index contributed by atoms with van der Waals surface area (Å²) in [6.07, 6.45) is 6.26. The van der Waals surface area contributed by atoms with Gasteiger partial charge in [-0.25, -0.2) is 0 Å². The highest BCUT2D eigenvalue weighted by Crippen LogP contribution is 2.48.